The highest BCUT2D eigenvalue weighted by molar-refractivity contribution is 9.10. The minimum atomic E-state index is -0.411. The topological polar surface area (TPSA) is 47.2 Å². The third-order valence-electron chi connectivity index (χ3n) is 1.46. The van der Waals surface area contributed by atoms with Crippen molar-refractivity contribution in [3.63, 3.8) is 0 Å². The summed E-state index contributed by atoms with van der Waals surface area (Å²) in [4.78, 5) is 0. The van der Waals surface area contributed by atoms with E-state index < -0.39 is 6.10 Å². The van der Waals surface area contributed by atoms with Crippen molar-refractivity contribution < 1.29 is 9.84 Å². The molecule has 0 amide bonds. The van der Waals surface area contributed by atoms with Crippen molar-refractivity contribution in [3.8, 4) is 0 Å². The summed E-state index contributed by atoms with van der Waals surface area (Å²) in [5.41, 5.74) is 0.836. The lowest BCUT2D eigenvalue weighted by atomic mass is 10.1. The highest BCUT2D eigenvalue weighted by Gasteiger charge is 2.04. The fourth-order valence-corrected chi connectivity index (χ4v) is 1.20. The average molecular weight is 232 g/mol. The summed E-state index contributed by atoms with van der Waals surface area (Å²) in [5.74, 6) is 0. The first-order valence-electron chi connectivity index (χ1n) is 3.65. The van der Waals surface area contributed by atoms with Crippen molar-refractivity contribution in [1.82, 2.24) is 0 Å². The molecule has 1 unspecified atom stereocenters. The van der Waals surface area contributed by atoms with Gasteiger partial charge < -0.3 is 10.3 Å². The molecule has 0 aliphatic rings. The first-order valence-corrected chi connectivity index (χ1v) is 4.44. The van der Waals surface area contributed by atoms with Crippen LogP contribution in [0.15, 0.2) is 22.9 Å². The summed E-state index contributed by atoms with van der Waals surface area (Å²) in [6.45, 7) is 1.69. The van der Waals surface area contributed by atoms with Gasteiger partial charge in [0.2, 0.25) is 0 Å². The zero-order valence-electron chi connectivity index (χ0n) is 6.70. The Bertz CT molecular complexity index is 276. The molecule has 1 aromatic rings. The van der Waals surface area contributed by atoms with Gasteiger partial charge in [-0.3, -0.25) is 0 Å². The van der Waals surface area contributed by atoms with Crippen LogP contribution < -0.4 is 4.73 Å². The van der Waals surface area contributed by atoms with Crippen LogP contribution in [0.5, 0.6) is 0 Å². The van der Waals surface area contributed by atoms with E-state index in [2.05, 4.69) is 15.9 Å². The molecule has 1 heterocycles. The molecule has 1 N–H and O–H groups in total. The highest BCUT2D eigenvalue weighted by atomic mass is 79.9. The molecule has 1 rings (SSSR count). The van der Waals surface area contributed by atoms with Crippen LogP contribution >= 0.6 is 15.9 Å². The lowest BCUT2D eigenvalue weighted by Crippen LogP contribution is -2.28. The van der Waals surface area contributed by atoms with E-state index in [0.717, 1.165) is 10.3 Å². The average Bonchev–Trinajstić information content (AvgIpc) is 1.96. The Morgan fingerprint density at radius 3 is 2.83 bits per heavy atom. The number of aromatic nitrogens is 1. The van der Waals surface area contributed by atoms with E-state index in [9.17, 15) is 5.21 Å². The number of hydrogen-bond donors (Lipinski definition) is 1. The molecule has 66 valence electrons. The molecule has 0 saturated heterocycles. The summed E-state index contributed by atoms with van der Waals surface area (Å²) in [6, 6.07) is 3.48. The van der Waals surface area contributed by atoms with Crippen LogP contribution in [-0.4, -0.2) is 11.2 Å². The molecule has 1 atom stereocenters. The highest BCUT2D eigenvalue weighted by Crippen LogP contribution is 2.06. The number of nitrogens with zero attached hydrogens (tertiary/aromatic N) is 1. The van der Waals surface area contributed by atoms with Gasteiger partial charge in [0.25, 0.3) is 4.60 Å². The fraction of sp³-hybridized carbons (Fsp3) is 0.375. The lowest BCUT2D eigenvalue weighted by molar-refractivity contribution is -0.617. The maximum Gasteiger partial charge on any atom is 0.259 e. The summed E-state index contributed by atoms with van der Waals surface area (Å²) in [5, 5.41) is 20.1. The Morgan fingerprint density at radius 1 is 1.67 bits per heavy atom. The molecular weight excluding hydrogens is 222 g/mol. The molecule has 0 aliphatic carbocycles. The first-order chi connectivity index (χ1) is 5.59. The van der Waals surface area contributed by atoms with Crippen LogP contribution in [0.3, 0.4) is 0 Å². The van der Waals surface area contributed by atoms with E-state index in [-0.39, 0.29) is 0 Å². The lowest BCUT2D eigenvalue weighted by Gasteiger charge is -2.04. The monoisotopic (exact) mass is 231 g/mol. The van der Waals surface area contributed by atoms with Gasteiger partial charge in [-0.05, 0) is 13.0 Å². The second kappa shape index (κ2) is 3.87. The zero-order chi connectivity index (χ0) is 9.14. The maximum atomic E-state index is 11.0. The van der Waals surface area contributed by atoms with Crippen LogP contribution in [-0.2, 0) is 6.42 Å². The van der Waals surface area contributed by atoms with Gasteiger partial charge in [-0.25, -0.2) is 0 Å². The number of aliphatic hydroxyl groups is 1. The first kappa shape index (κ1) is 9.48. The second-order valence-corrected chi connectivity index (χ2v) is 3.55. The van der Waals surface area contributed by atoms with E-state index >= 15 is 0 Å². The standard InChI is InChI=1S/C8H10BrNO2/c1-6(11)4-7-2-3-8(9)10(12)5-7/h2-3,5-6,11H,4H2,1H3. The third-order valence-corrected chi connectivity index (χ3v) is 2.07. The van der Waals surface area contributed by atoms with Crippen LogP contribution in [0, 0.1) is 5.21 Å². The fourth-order valence-electron chi connectivity index (χ4n) is 0.966. The molecule has 12 heavy (non-hydrogen) atoms. The third kappa shape index (κ3) is 2.46. The molecular formula is C8H10BrNO2. The van der Waals surface area contributed by atoms with Crippen LogP contribution in [0.25, 0.3) is 0 Å². The van der Waals surface area contributed by atoms with Crippen molar-refractivity contribution in [2.75, 3.05) is 0 Å². The molecule has 1 aromatic heterocycles. The number of pyridine rings is 1. The molecule has 0 bridgehead atoms. The van der Waals surface area contributed by atoms with Gasteiger partial charge in [-0.2, -0.15) is 4.73 Å². The number of rotatable bonds is 2. The molecule has 0 saturated carbocycles. The van der Waals surface area contributed by atoms with Gasteiger partial charge in [0.05, 0.1) is 6.10 Å². The summed E-state index contributed by atoms with van der Waals surface area (Å²) in [7, 11) is 0. The van der Waals surface area contributed by atoms with Gasteiger partial charge in [0.15, 0.2) is 6.20 Å². The molecule has 0 radical (unpaired) electrons. The van der Waals surface area contributed by atoms with E-state index in [1.54, 1.807) is 13.0 Å². The quantitative estimate of drug-likeness (QED) is 0.469. The zero-order valence-corrected chi connectivity index (χ0v) is 8.28. The normalized spacial score (nSPS) is 12.9. The van der Waals surface area contributed by atoms with Crippen molar-refractivity contribution in [2.45, 2.75) is 19.4 Å². The van der Waals surface area contributed by atoms with Crippen LogP contribution in [0.2, 0.25) is 0 Å². The Morgan fingerprint density at radius 2 is 2.33 bits per heavy atom. The molecule has 0 fully saturated rings. The van der Waals surface area contributed by atoms with Crippen molar-refractivity contribution in [3.05, 3.63) is 33.7 Å². The molecule has 4 heteroatoms. The predicted octanol–water partition coefficient (Wildman–Crippen LogP) is 1.01. The smallest absolute Gasteiger partial charge is 0.259 e. The maximum absolute atomic E-state index is 11.0. The second-order valence-electron chi connectivity index (χ2n) is 2.74. The van der Waals surface area contributed by atoms with Gasteiger partial charge in [-0.15, -0.1) is 0 Å². The Kier molecular flexibility index (Phi) is 3.05. The Balaban J connectivity index is 2.82. The van der Waals surface area contributed by atoms with Crippen LogP contribution in [0.4, 0.5) is 0 Å². The van der Waals surface area contributed by atoms with Crippen molar-refractivity contribution in [1.29, 1.82) is 0 Å². The number of aliphatic hydroxyl groups excluding tert-OH is 1. The number of halogens is 1. The van der Waals surface area contributed by atoms with Crippen LogP contribution in [0.1, 0.15) is 12.5 Å². The molecule has 0 aliphatic heterocycles. The van der Waals surface area contributed by atoms with Gasteiger partial charge in [0.1, 0.15) is 0 Å². The van der Waals surface area contributed by atoms with Crippen molar-refractivity contribution >= 4 is 15.9 Å². The van der Waals surface area contributed by atoms with Crippen molar-refractivity contribution in [2.24, 2.45) is 0 Å². The van der Waals surface area contributed by atoms with E-state index in [4.69, 9.17) is 5.11 Å². The van der Waals surface area contributed by atoms with Gasteiger partial charge in [0, 0.05) is 34.0 Å². The summed E-state index contributed by atoms with van der Waals surface area (Å²) in [6.07, 6.45) is 1.55. The summed E-state index contributed by atoms with van der Waals surface area (Å²) >= 11 is 3.08. The molecule has 3 nitrogen and oxygen atoms in total. The minimum Gasteiger partial charge on any atom is -0.618 e. The summed E-state index contributed by atoms with van der Waals surface area (Å²) < 4.78 is 1.22. The molecule has 0 aromatic carbocycles. The molecule has 0 spiro atoms. The van der Waals surface area contributed by atoms with E-state index in [1.807, 2.05) is 6.07 Å². The SMILES string of the molecule is CC(O)Cc1ccc(Br)[n+]([O-])c1. The predicted molar refractivity (Wildman–Crippen MR) is 48.5 cm³/mol. The minimum absolute atomic E-state index is 0.411. The number of hydrogen-bond acceptors (Lipinski definition) is 2. The largest absolute Gasteiger partial charge is 0.618 e. The van der Waals surface area contributed by atoms with Gasteiger partial charge in [-0.1, -0.05) is 0 Å². The van der Waals surface area contributed by atoms with Gasteiger partial charge >= 0.3 is 0 Å². The van der Waals surface area contributed by atoms with E-state index in [1.165, 1.54) is 6.20 Å². The van der Waals surface area contributed by atoms with E-state index in [0.29, 0.717) is 11.0 Å². The Hall–Kier alpha value is -0.610. The Labute approximate surface area is 79.4 Å².